The molecule has 1 fully saturated rings. The fourth-order valence-corrected chi connectivity index (χ4v) is 1.42. The number of aliphatic hydroxyl groups is 1. The quantitative estimate of drug-likeness (QED) is 0.633. The Morgan fingerprint density at radius 1 is 1.40 bits per heavy atom. The maximum absolute atomic E-state index is 8.78. The van der Waals surface area contributed by atoms with Crippen molar-refractivity contribution in [3.05, 3.63) is 0 Å². The molecule has 2 nitrogen and oxygen atoms in total. The van der Waals surface area contributed by atoms with Gasteiger partial charge in [-0.05, 0) is 25.7 Å². The van der Waals surface area contributed by atoms with Gasteiger partial charge in [0, 0.05) is 0 Å². The zero-order valence-electron chi connectivity index (χ0n) is 6.55. The van der Waals surface area contributed by atoms with Crippen molar-refractivity contribution < 1.29 is 9.84 Å². The zero-order valence-corrected chi connectivity index (χ0v) is 6.55. The molecule has 1 aliphatic heterocycles. The van der Waals surface area contributed by atoms with Gasteiger partial charge in [0.1, 0.15) is 0 Å². The second-order valence-corrected chi connectivity index (χ2v) is 2.90. The fraction of sp³-hybridized carbons (Fsp3) is 1.00. The molecule has 0 aromatic heterocycles. The summed E-state index contributed by atoms with van der Waals surface area (Å²) < 4.78 is 5.53. The predicted molar refractivity (Wildman–Crippen MR) is 39.9 cm³/mol. The average molecular weight is 144 g/mol. The molecule has 0 aromatic carbocycles. The van der Waals surface area contributed by atoms with Gasteiger partial charge in [-0.15, -0.1) is 0 Å². The van der Waals surface area contributed by atoms with Crippen molar-refractivity contribution in [2.24, 2.45) is 0 Å². The summed E-state index contributed by atoms with van der Waals surface area (Å²) in [4.78, 5) is 0. The minimum Gasteiger partial charge on any atom is -0.394 e. The van der Waals surface area contributed by atoms with Crippen molar-refractivity contribution in [2.45, 2.75) is 44.8 Å². The molecule has 2 heteroatoms. The molecule has 0 unspecified atom stereocenters. The van der Waals surface area contributed by atoms with Crippen molar-refractivity contribution in [3.63, 3.8) is 0 Å². The van der Waals surface area contributed by atoms with Crippen LogP contribution in [0.15, 0.2) is 0 Å². The lowest BCUT2D eigenvalue weighted by Gasteiger charge is -2.27. The Balaban J connectivity index is 2.25. The first-order valence-electron chi connectivity index (χ1n) is 4.13. The normalized spacial score (nSPS) is 34.2. The summed E-state index contributed by atoms with van der Waals surface area (Å²) in [5, 5.41) is 8.78. The molecule has 2 atom stereocenters. The molecule has 0 aliphatic carbocycles. The average Bonchev–Trinajstić information content (AvgIpc) is 2.05. The van der Waals surface area contributed by atoms with Gasteiger partial charge in [0.05, 0.1) is 18.8 Å². The van der Waals surface area contributed by atoms with Crippen LogP contribution in [-0.2, 0) is 4.74 Å². The van der Waals surface area contributed by atoms with E-state index in [2.05, 4.69) is 6.92 Å². The second-order valence-electron chi connectivity index (χ2n) is 2.90. The van der Waals surface area contributed by atoms with E-state index in [9.17, 15) is 0 Å². The molecule has 10 heavy (non-hydrogen) atoms. The first-order valence-corrected chi connectivity index (χ1v) is 4.13. The second kappa shape index (κ2) is 3.94. The molecule has 0 amide bonds. The van der Waals surface area contributed by atoms with Gasteiger partial charge in [0.25, 0.3) is 0 Å². The van der Waals surface area contributed by atoms with Gasteiger partial charge in [0.15, 0.2) is 0 Å². The van der Waals surface area contributed by atoms with E-state index >= 15 is 0 Å². The third-order valence-corrected chi connectivity index (χ3v) is 2.10. The minimum absolute atomic E-state index is 0.124. The smallest absolute Gasteiger partial charge is 0.0809 e. The molecule has 0 spiro atoms. The number of ether oxygens (including phenoxy) is 1. The van der Waals surface area contributed by atoms with Gasteiger partial charge >= 0.3 is 0 Å². The Labute approximate surface area is 62.2 Å². The SMILES string of the molecule is CC[C@@H]1CCC[C@H](CO)O1. The van der Waals surface area contributed by atoms with E-state index in [0.29, 0.717) is 6.10 Å². The van der Waals surface area contributed by atoms with Gasteiger partial charge in [0.2, 0.25) is 0 Å². The summed E-state index contributed by atoms with van der Waals surface area (Å²) in [5.41, 5.74) is 0. The summed E-state index contributed by atoms with van der Waals surface area (Å²) in [6, 6.07) is 0. The number of hydrogen-bond donors (Lipinski definition) is 1. The highest BCUT2D eigenvalue weighted by atomic mass is 16.5. The maximum Gasteiger partial charge on any atom is 0.0809 e. The van der Waals surface area contributed by atoms with Crippen molar-refractivity contribution >= 4 is 0 Å². The minimum atomic E-state index is 0.124. The van der Waals surface area contributed by atoms with Gasteiger partial charge in [-0.25, -0.2) is 0 Å². The van der Waals surface area contributed by atoms with E-state index in [4.69, 9.17) is 9.84 Å². The third kappa shape index (κ3) is 1.96. The largest absolute Gasteiger partial charge is 0.394 e. The van der Waals surface area contributed by atoms with Crippen LogP contribution in [0.1, 0.15) is 32.6 Å². The zero-order chi connectivity index (χ0) is 7.40. The van der Waals surface area contributed by atoms with Crippen LogP contribution in [0, 0.1) is 0 Å². The van der Waals surface area contributed by atoms with Crippen molar-refractivity contribution in [1.82, 2.24) is 0 Å². The molecule has 1 aliphatic rings. The third-order valence-electron chi connectivity index (χ3n) is 2.10. The van der Waals surface area contributed by atoms with E-state index < -0.39 is 0 Å². The highest BCUT2D eigenvalue weighted by Gasteiger charge is 2.19. The Hall–Kier alpha value is -0.0800. The topological polar surface area (TPSA) is 29.5 Å². The first-order chi connectivity index (χ1) is 4.86. The Morgan fingerprint density at radius 2 is 2.10 bits per heavy atom. The van der Waals surface area contributed by atoms with Crippen LogP contribution in [0.25, 0.3) is 0 Å². The lowest BCUT2D eigenvalue weighted by Crippen LogP contribution is -2.29. The van der Waals surface area contributed by atoms with E-state index in [1.807, 2.05) is 0 Å². The Kier molecular flexibility index (Phi) is 3.16. The molecule has 0 radical (unpaired) electrons. The van der Waals surface area contributed by atoms with Crippen LogP contribution in [-0.4, -0.2) is 23.9 Å². The molecule has 1 N–H and O–H groups in total. The molecule has 0 bridgehead atoms. The lowest BCUT2D eigenvalue weighted by atomic mass is 10.0. The van der Waals surface area contributed by atoms with Crippen LogP contribution in [0.5, 0.6) is 0 Å². The van der Waals surface area contributed by atoms with Crippen LogP contribution in [0.2, 0.25) is 0 Å². The van der Waals surface area contributed by atoms with Gasteiger partial charge in [-0.2, -0.15) is 0 Å². The molecular weight excluding hydrogens is 128 g/mol. The first kappa shape index (κ1) is 8.02. The summed E-state index contributed by atoms with van der Waals surface area (Å²) in [6.07, 6.45) is 5.03. The summed E-state index contributed by atoms with van der Waals surface area (Å²) in [7, 11) is 0. The standard InChI is InChI=1S/C8H16O2/c1-2-7-4-3-5-8(6-9)10-7/h7-9H,2-6H2,1H3/t7-,8-/m1/s1. The highest BCUT2D eigenvalue weighted by molar-refractivity contribution is 4.68. The van der Waals surface area contributed by atoms with E-state index in [1.165, 1.54) is 12.8 Å². The molecule has 1 rings (SSSR count). The molecule has 60 valence electrons. The van der Waals surface area contributed by atoms with Crippen molar-refractivity contribution in [2.75, 3.05) is 6.61 Å². The fourth-order valence-electron chi connectivity index (χ4n) is 1.42. The van der Waals surface area contributed by atoms with E-state index in [-0.39, 0.29) is 12.7 Å². The lowest BCUT2D eigenvalue weighted by molar-refractivity contribution is -0.0725. The van der Waals surface area contributed by atoms with Crippen molar-refractivity contribution in [1.29, 1.82) is 0 Å². The van der Waals surface area contributed by atoms with E-state index in [1.54, 1.807) is 0 Å². The molecule has 0 saturated carbocycles. The van der Waals surface area contributed by atoms with Crippen LogP contribution in [0.4, 0.5) is 0 Å². The van der Waals surface area contributed by atoms with Crippen LogP contribution in [0.3, 0.4) is 0 Å². The number of rotatable bonds is 2. The molecular formula is C8H16O2. The molecule has 0 aromatic rings. The molecule has 1 heterocycles. The summed E-state index contributed by atoms with van der Waals surface area (Å²) in [5.74, 6) is 0. The van der Waals surface area contributed by atoms with Gasteiger partial charge in [-0.3, -0.25) is 0 Å². The Morgan fingerprint density at radius 3 is 2.70 bits per heavy atom. The monoisotopic (exact) mass is 144 g/mol. The number of hydrogen-bond acceptors (Lipinski definition) is 2. The highest BCUT2D eigenvalue weighted by Crippen LogP contribution is 2.20. The summed E-state index contributed by atoms with van der Waals surface area (Å²) >= 11 is 0. The van der Waals surface area contributed by atoms with Gasteiger partial charge in [-0.1, -0.05) is 6.92 Å². The van der Waals surface area contributed by atoms with Crippen LogP contribution >= 0.6 is 0 Å². The maximum atomic E-state index is 8.78. The van der Waals surface area contributed by atoms with E-state index in [0.717, 1.165) is 12.8 Å². The summed E-state index contributed by atoms with van der Waals surface area (Å²) in [6.45, 7) is 2.32. The van der Waals surface area contributed by atoms with Gasteiger partial charge < -0.3 is 9.84 Å². The van der Waals surface area contributed by atoms with Crippen molar-refractivity contribution in [3.8, 4) is 0 Å². The predicted octanol–water partition coefficient (Wildman–Crippen LogP) is 1.33. The van der Waals surface area contributed by atoms with Crippen LogP contribution < -0.4 is 0 Å². The Bertz CT molecular complexity index is 83.3. The molecule has 1 saturated heterocycles. The number of aliphatic hydroxyl groups excluding tert-OH is 1.